The van der Waals surface area contributed by atoms with Gasteiger partial charge in [0.15, 0.2) is 0 Å². The third-order valence-corrected chi connectivity index (χ3v) is 2.87. The molecule has 0 aliphatic carbocycles. The maximum absolute atomic E-state index is 9.39. The van der Waals surface area contributed by atoms with Gasteiger partial charge in [0.2, 0.25) is 0 Å². The van der Waals surface area contributed by atoms with E-state index in [1.165, 1.54) is 38.5 Å². The Morgan fingerprint density at radius 3 is 1.76 bits per heavy atom. The molecule has 0 aromatic heterocycles. The minimum Gasteiger partial charge on any atom is -0.392 e. The van der Waals surface area contributed by atoms with E-state index >= 15 is 0 Å². The van der Waals surface area contributed by atoms with Crippen LogP contribution < -0.4 is 0 Å². The van der Waals surface area contributed by atoms with Crippen LogP contribution in [0.2, 0.25) is 0 Å². The van der Waals surface area contributed by atoms with Crippen molar-refractivity contribution in [3.8, 4) is 0 Å². The number of unbranched alkanes of at least 4 members (excludes halogenated alkanes) is 5. The first-order valence-corrected chi connectivity index (χ1v) is 7.14. The fourth-order valence-corrected chi connectivity index (χ4v) is 2.12. The monoisotopic (exact) mass is 245 g/mol. The van der Waals surface area contributed by atoms with E-state index in [0.29, 0.717) is 13.1 Å². The van der Waals surface area contributed by atoms with Gasteiger partial charge in [-0.25, -0.2) is 0 Å². The predicted molar refractivity (Wildman–Crippen MR) is 73.2 cm³/mol. The highest BCUT2D eigenvalue weighted by atomic mass is 16.3. The van der Waals surface area contributed by atoms with Gasteiger partial charge in [0.1, 0.15) is 0 Å². The lowest BCUT2D eigenvalue weighted by molar-refractivity contribution is 0.0825. The highest BCUT2D eigenvalue weighted by molar-refractivity contribution is 4.64. The summed E-state index contributed by atoms with van der Waals surface area (Å²) in [7, 11) is 0. The van der Waals surface area contributed by atoms with Gasteiger partial charge in [-0.3, -0.25) is 4.90 Å². The Hall–Kier alpha value is -0.120. The topological polar surface area (TPSA) is 43.7 Å². The number of hydrogen-bond acceptors (Lipinski definition) is 3. The zero-order chi connectivity index (χ0) is 13.1. The van der Waals surface area contributed by atoms with E-state index in [9.17, 15) is 10.2 Å². The Balaban J connectivity index is 3.60. The van der Waals surface area contributed by atoms with Crippen molar-refractivity contribution in [2.45, 2.75) is 71.5 Å². The van der Waals surface area contributed by atoms with Gasteiger partial charge < -0.3 is 10.2 Å². The highest BCUT2D eigenvalue weighted by Gasteiger charge is 2.10. The predicted octanol–water partition coefficient (Wildman–Crippen LogP) is 2.41. The molecule has 0 aromatic rings. The van der Waals surface area contributed by atoms with E-state index in [-0.39, 0.29) is 12.2 Å². The van der Waals surface area contributed by atoms with Crippen LogP contribution in [0.3, 0.4) is 0 Å². The van der Waals surface area contributed by atoms with Gasteiger partial charge in [-0.05, 0) is 26.8 Å². The number of nitrogens with zero attached hydrogens (tertiary/aromatic N) is 1. The number of aliphatic hydroxyl groups excluding tert-OH is 2. The van der Waals surface area contributed by atoms with Crippen molar-refractivity contribution in [1.82, 2.24) is 4.90 Å². The van der Waals surface area contributed by atoms with Crippen molar-refractivity contribution in [1.29, 1.82) is 0 Å². The van der Waals surface area contributed by atoms with E-state index in [4.69, 9.17) is 0 Å². The van der Waals surface area contributed by atoms with Crippen LogP contribution in [0.4, 0.5) is 0 Å². The largest absolute Gasteiger partial charge is 0.392 e. The van der Waals surface area contributed by atoms with Crippen molar-refractivity contribution >= 4 is 0 Å². The molecule has 3 heteroatoms. The molecule has 0 aliphatic heterocycles. The smallest absolute Gasteiger partial charge is 0.0639 e. The molecule has 3 nitrogen and oxygen atoms in total. The van der Waals surface area contributed by atoms with Gasteiger partial charge in [-0.2, -0.15) is 0 Å². The molecule has 0 saturated carbocycles. The molecule has 0 saturated heterocycles. The van der Waals surface area contributed by atoms with Gasteiger partial charge in [0.05, 0.1) is 12.2 Å². The molecule has 0 aliphatic rings. The van der Waals surface area contributed by atoms with Gasteiger partial charge in [-0.1, -0.05) is 39.0 Å². The molecule has 0 amide bonds. The minimum atomic E-state index is -0.311. The average Bonchev–Trinajstić information content (AvgIpc) is 2.21. The zero-order valence-electron chi connectivity index (χ0n) is 11.9. The summed E-state index contributed by atoms with van der Waals surface area (Å²) in [6.07, 6.45) is 7.08. The summed E-state index contributed by atoms with van der Waals surface area (Å²) >= 11 is 0. The standard InChI is InChI=1S/C14H31NO2/c1-4-5-6-7-8-9-10-15(11-13(2)16)12-14(3)17/h13-14,16-17H,4-12H2,1-3H3/t13-,14+. The number of rotatable bonds is 11. The average molecular weight is 245 g/mol. The van der Waals surface area contributed by atoms with Gasteiger partial charge in [0.25, 0.3) is 0 Å². The molecule has 104 valence electrons. The summed E-state index contributed by atoms with van der Waals surface area (Å²) in [6, 6.07) is 0. The highest BCUT2D eigenvalue weighted by Crippen LogP contribution is 2.06. The van der Waals surface area contributed by atoms with Crippen LogP contribution >= 0.6 is 0 Å². The van der Waals surface area contributed by atoms with Crippen LogP contribution in [0.25, 0.3) is 0 Å². The summed E-state index contributed by atoms with van der Waals surface area (Å²) in [5.41, 5.74) is 0. The summed E-state index contributed by atoms with van der Waals surface area (Å²) in [5, 5.41) is 18.8. The molecular formula is C14H31NO2. The Bertz CT molecular complexity index is 150. The molecule has 2 atom stereocenters. The van der Waals surface area contributed by atoms with Crippen LogP contribution in [-0.2, 0) is 0 Å². The van der Waals surface area contributed by atoms with Crippen LogP contribution in [-0.4, -0.2) is 47.0 Å². The van der Waals surface area contributed by atoms with E-state index in [1.807, 2.05) is 0 Å². The van der Waals surface area contributed by atoms with E-state index in [2.05, 4.69) is 11.8 Å². The first-order chi connectivity index (χ1) is 8.06. The van der Waals surface area contributed by atoms with E-state index in [1.54, 1.807) is 13.8 Å². The Kier molecular flexibility index (Phi) is 10.9. The molecule has 0 heterocycles. The molecule has 0 fully saturated rings. The molecule has 2 N–H and O–H groups in total. The lowest BCUT2D eigenvalue weighted by Gasteiger charge is -2.24. The lowest BCUT2D eigenvalue weighted by atomic mass is 10.1. The van der Waals surface area contributed by atoms with Crippen LogP contribution in [0.1, 0.15) is 59.3 Å². The fourth-order valence-electron chi connectivity index (χ4n) is 2.12. The quantitative estimate of drug-likeness (QED) is 0.549. The SMILES string of the molecule is CCCCCCCCN(C[C@H](C)O)C[C@@H](C)O. The zero-order valence-corrected chi connectivity index (χ0v) is 11.9. The number of aliphatic hydroxyl groups is 2. The Labute approximate surface area is 107 Å². The normalized spacial score (nSPS) is 15.2. The molecule has 0 radical (unpaired) electrons. The summed E-state index contributed by atoms with van der Waals surface area (Å²) in [5.74, 6) is 0. The van der Waals surface area contributed by atoms with E-state index < -0.39 is 0 Å². The van der Waals surface area contributed by atoms with Crippen LogP contribution in [0.5, 0.6) is 0 Å². The minimum absolute atomic E-state index is 0.311. The molecule has 0 rings (SSSR count). The molecule has 0 aromatic carbocycles. The first-order valence-electron chi connectivity index (χ1n) is 7.14. The van der Waals surface area contributed by atoms with Gasteiger partial charge >= 0.3 is 0 Å². The van der Waals surface area contributed by atoms with Crippen molar-refractivity contribution < 1.29 is 10.2 Å². The third-order valence-electron chi connectivity index (χ3n) is 2.87. The first kappa shape index (κ1) is 16.9. The van der Waals surface area contributed by atoms with Crippen LogP contribution in [0.15, 0.2) is 0 Å². The molecule has 0 bridgehead atoms. The van der Waals surface area contributed by atoms with Gasteiger partial charge in [0, 0.05) is 13.1 Å². The summed E-state index contributed by atoms with van der Waals surface area (Å²) in [6.45, 7) is 8.15. The lowest BCUT2D eigenvalue weighted by Crippen LogP contribution is -2.36. The molecular weight excluding hydrogens is 214 g/mol. The summed E-state index contributed by atoms with van der Waals surface area (Å²) in [4.78, 5) is 2.16. The van der Waals surface area contributed by atoms with Crippen LogP contribution in [0, 0.1) is 0 Å². The second kappa shape index (κ2) is 11.0. The van der Waals surface area contributed by atoms with E-state index in [0.717, 1.165) is 6.54 Å². The van der Waals surface area contributed by atoms with Crippen molar-refractivity contribution in [3.05, 3.63) is 0 Å². The molecule has 0 unspecified atom stereocenters. The van der Waals surface area contributed by atoms with Crippen molar-refractivity contribution in [3.63, 3.8) is 0 Å². The van der Waals surface area contributed by atoms with Crippen molar-refractivity contribution in [2.24, 2.45) is 0 Å². The number of hydrogen-bond donors (Lipinski definition) is 2. The fraction of sp³-hybridized carbons (Fsp3) is 1.00. The maximum atomic E-state index is 9.39. The maximum Gasteiger partial charge on any atom is 0.0639 e. The second-order valence-electron chi connectivity index (χ2n) is 5.23. The molecule has 17 heavy (non-hydrogen) atoms. The summed E-state index contributed by atoms with van der Waals surface area (Å²) < 4.78 is 0. The van der Waals surface area contributed by atoms with Gasteiger partial charge in [-0.15, -0.1) is 0 Å². The van der Waals surface area contributed by atoms with Crippen molar-refractivity contribution in [2.75, 3.05) is 19.6 Å². The third kappa shape index (κ3) is 12.1. The Morgan fingerprint density at radius 2 is 1.29 bits per heavy atom. The Morgan fingerprint density at radius 1 is 0.824 bits per heavy atom. The molecule has 0 spiro atoms. The second-order valence-corrected chi connectivity index (χ2v) is 5.23.